The summed E-state index contributed by atoms with van der Waals surface area (Å²) >= 11 is 0. The average Bonchev–Trinajstić information content (AvgIpc) is 2.17. The third-order valence-corrected chi connectivity index (χ3v) is 1.47. The number of carbonyl (C=O) groups excluding carboxylic acids is 1. The number of hydrogen-bond acceptors (Lipinski definition) is 3. The van der Waals surface area contributed by atoms with Gasteiger partial charge in [-0.15, -0.1) is 0 Å². The van der Waals surface area contributed by atoms with Gasteiger partial charge in [-0.1, -0.05) is 0 Å². The molecule has 0 aromatic heterocycles. The Bertz CT molecular complexity index is 384. The summed E-state index contributed by atoms with van der Waals surface area (Å²) in [6, 6.07) is 4.87. The van der Waals surface area contributed by atoms with Crippen LogP contribution in [0.25, 0.3) is 0 Å². The molecule has 0 saturated heterocycles. The molecule has 2 rings (SSSR count). The van der Waals surface area contributed by atoms with E-state index < -0.39 is 0 Å². The molecule has 0 radical (unpaired) electrons. The van der Waals surface area contributed by atoms with Gasteiger partial charge in [0.2, 0.25) is 0 Å². The summed E-state index contributed by atoms with van der Waals surface area (Å²) in [5.41, 5.74) is 0.543. The van der Waals surface area contributed by atoms with Crippen LogP contribution in [0.1, 0.15) is 10.4 Å². The van der Waals surface area contributed by atoms with E-state index in [1.165, 1.54) is 0 Å². The zero-order valence-electron chi connectivity index (χ0n) is 6.03. The minimum atomic E-state index is 0.485. The van der Waals surface area contributed by atoms with Crippen molar-refractivity contribution in [2.75, 3.05) is 0 Å². The highest BCUT2D eigenvalue weighted by molar-refractivity contribution is 5.76. The summed E-state index contributed by atoms with van der Waals surface area (Å²) in [4.78, 5) is 10.4. The molecule has 1 aromatic carbocycles. The molecule has 0 unspecified atom stereocenters. The van der Waals surface area contributed by atoms with Gasteiger partial charge >= 0.3 is 0 Å². The summed E-state index contributed by atoms with van der Waals surface area (Å²) < 4.78 is 9.84. The lowest BCUT2D eigenvalue weighted by Gasteiger charge is -2.07. The fraction of sp³-hybridized carbons (Fsp3) is 0. The van der Waals surface area contributed by atoms with Gasteiger partial charge < -0.3 is 9.47 Å². The predicted octanol–water partition coefficient (Wildman–Crippen LogP) is 1.19. The van der Waals surface area contributed by atoms with Crippen molar-refractivity contribution in [3.05, 3.63) is 23.8 Å². The fourth-order valence-corrected chi connectivity index (χ4v) is 0.914. The number of ether oxygens (including phenoxy) is 2. The number of aldehydes is 1. The van der Waals surface area contributed by atoms with Crippen molar-refractivity contribution in [2.24, 2.45) is 0 Å². The first-order valence-corrected chi connectivity index (χ1v) is 3.33. The predicted molar refractivity (Wildman–Crippen MR) is 40.9 cm³/mol. The minimum Gasteiger partial charge on any atom is -0.401 e. The third-order valence-electron chi connectivity index (χ3n) is 1.47. The van der Waals surface area contributed by atoms with Crippen LogP contribution in [-0.2, 0) is 0 Å². The van der Waals surface area contributed by atoms with E-state index in [-0.39, 0.29) is 0 Å². The molecule has 1 aliphatic rings. The lowest BCUT2D eigenvalue weighted by molar-refractivity contribution is 0.112. The highest BCUT2D eigenvalue weighted by Crippen LogP contribution is 2.28. The molecule has 0 saturated carbocycles. The first kappa shape index (κ1) is 6.74. The first-order chi connectivity index (χ1) is 5.90. The van der Waals surface area contributed by atoms with Crippen molar-refractivity contribution in [3.8, 4) is 23.7 Å². The normalized spacial score (nSPS) is 11.3. The lowest BCUT2D eigenvalue weighted by atomic mass is 10.2. The average molecular weight is 160 g/mol. The second kappa shape index (κ2) is 2.59. The number of rotatable bonds is 1. The standard InChI is InChI=1S/C9H4O3/c10-6-7-1-2-8-9(5-7)12-4-3-11-8/h1-2,5-6H. The number of carbonyl (C=O) groups is 1. The van der Waals surface area contributed by atoms with E-state index in [9.17, 15) is 4.79 Å². The molecule has 3 heteroatoms. The van der Waals surface area contributed by atoms with Gasteiger partial charge in [0.15, 0.2) is 23.7 Å². The van der Waals surface area contributed by atoms with Crippen LogP contribution in [0.15, 0.2) is 18.2 Å². The second-order valence-electron chi connectivity index (χ2n) is 2.23. The Morgan fingerprint density at radius 3 is 2.67 bits per heavy atom. The van der Waals surface area contributed by atoms with Crippen molar-refractivity contribution in [2.45, 2.75) is 0 Å². The van der Waals surface area contributed by atoms with Crippen molar-refractivity contribution in [3.63, 3.8) is 0 Å². The molecule has 1 aromatic rings. The monoisotopic (exact) mass is 160 g/mol. The van der Waals surface area contributed by atoms with E-state index in [2.05, 4.69) is 12.2 Å². The molecule has 0 fully saturated rings. The number of hydrogen-bond donors (Lipinski definition) is 0. The zero-order valence-corrected chi connectivity index (χ0v) is 6.03. The quantitative estimate of drug-likeness (QED) is 0.457. The fourth-order valence-electron chi connectivity index (χ4n) is 0.914. The topological polar surface area (TPSA) is 35.5 Å². The van der Waals surface area contributed by atoms with Crippen molar-refractivity contribution in [1.82, 2.24) is 0 Å². The van der Waals surface area contributed by atoms with Crippen LogP contribution in [0.3, 0.4) is 0 Å². The van der Waals surface area contributed by atoms with Crippen LogP contribution in [0.2, 0.25) is 0 Å². The largest absolute Gasteiger partial charge is 0.401 e. The van der Waals surface area contributed by atoms with Gasteiger partial charge in [0.05, 0.1) is 0 Å². The molecule has 0 aliphatic carbocycles. The van der Waals surface area contributed by atoms with Gasteiger partial charge in [-0.25, -0.2) is 0 Å². The Morgan fingerprint density at radius 2 is 1.92 bits per heavy atom. The maximum atomic E-state index is 10.4. The van der Waals surface area contributed by atoms with Gasteiger partial charge in [0.25, 0.3) is 0 Å². The van der Waals surface area contributed by atoms with E-state index in [4.69, 9.17) is 9.47 Å². The van der Waals surface area contributed by atoms with Gasteiger partial charge in [-0.2, -0.15) is 0 Å². The van der Waals surface area contributed by atoms with Crippen LogP contribution in [0, 0.1) is 12.2 Å². The molecule has 3 nitrogen and oxygen atoms in total. The Kier molecular flexibility index (Phi) is 1.45. The summed E-state index contributed by atoms with van der Waals surface area (Å²) in [5.74, 6) is 1.03. The van der Waals surface area contributed by atoms with E-state index in [0.29, 0.717) is 17.1 Å². The smallest absolute Gasteiger partial charge is 0.184 e. The molecule has 0 amide bonds. The molecule has 1 heterocycles. The van der Waals surface area contributed by atoms with Crippen LogP contribution in [0.4, 0.5) is 0 Å². The number of fused-ring (bicyclic) bond motifs is 1. The molecular formula is C9H4O3. The van der Waals surface area contributed by atoms with Crippen molar-refractivity contribution >= 4 is 6.29 Å². The molecule has 58 valence electrons. The van der Waals surface area contributed by atoms with E-state index in [0.717, 1.165) is 6.29 Å². The Morgan fingerprint density at radius 1 is 1.17 bits per heavy atom. The molecule has 12 heavy (non-hydrogen) atoms. The first-order valence-electron chi connectivity index (χ1n) is 3.33. The van der Waals surface area contributed by atoms with Crippen LogP contribution in [-0.4, -0.2) is 6.29 Å². The van der Waals surface area contributed by atoms with Gasteiger partial charge in [0, 0.05) is 5.56 Å². The molecular weight excluding hydrogens is 156 g/mol. The summed E-state index contributed by atoms with van der Waals surface area (Å²) in [6.45, 7) is 0. The summed E-state index contributed by atoms with van der Waals surface area (Å²) in [6.07, 6.45) is 5.36. The maximum Gasteiger partial charge on any atom is 0.184 e. The SMILES string of the molecule is O=Cc1ccc2c(c1)OC#CO2. The van der Waals surface area contributed by atoms with Gasteiger partial charge in [0.1, 0.15) is 6.29 Å². The van der Waals surface area contributed by atoms with Crippen LogP contribution >= 0.6 is 0 Å². The van der Waals surface area contributed by atoms with Crippen molar-refractivity contribution in [1.29, 1.82) is 0 Å². The second-order valence-corrected chi connectivity index (χ2v) is 2.23. The van der Waals surface area contributed by atoms with E-state index in [1.807, 2.05) is 0 Å². The molecule has 0 spiro atoms. The molecule has 0 atom stereocenters. The van der Waals surface area contributed by atoms with E-state index in [1.54, 1.807) is 18.2 Å². The Hall–Kier alpha value is -1.95. The van der Waals surface area contributed by atoms with Gasteiger partial charge in [-0.3, -0.25) is 4.79 Å². The van der Waals surface area contributed by atoms with Crippen LogP contribution in [0.5, 0.6) is 11.5 Å². The summed E-state index contributed by atoms with van der Waals surface area (Å²) in [5, 5.41) is 0. The van der Waals surface area contributed by atoms with Crippen molar-refractivity contribution < 1.29 is 14.3 Å². The molecule has 0 N–H and O–H groups in total. The highest BCUT2D eigenvalue weighted by Gasteiger charge is 2.08. The summed E-state index contributed by atoms with van der Waals surface area (Å²) in [7, 11) is 0. The Balaban J connectivity index is 2.49. The zero-order chi connectivity index (χ0) is 8.39. The molecule has 1 aliphatic heterocycles. The van der Waals surface area contributed by atoms with Crippen LogP contribution < -0.4 is 9.47 Å². The maximum absolute atomic E-state index is 10.4. The van der Waals surface area contributed by atoms with Gasteiger partial charge in [-0.05, 0) is 18.2 Å². The Labute approximate surface area is 68.9 Å². The molecule has 0 bridgehead atoms. The number of benzene rings is 1. The minimum absolute atomic E-state index is 0.485. The van der Waals surface area contributed by atoms with E-state index >= 15 is 0 Å². The third kappa shape index (κ3) is 0.995. The lowest BCUT2D eigenvalue weighted by Crippen LogP contribution is -1.96. The highest BCUT2D eigenvalue weighted by atomic mass is 16.5.